The summed E-state index contributed by atoms with van der Waals surface area (Å²) in [5.74, 6) is 2.50. The molecule has 1 saturated heterocycles. The van der Waals surface area contributed by atoms with E-state index in [0.29, 0.717) is 12.5 Å². The van der Waals surface area contributed by atoms with Crippen LogP contribution >= 0.6 is 11.6 Å². The Bertz CT molecular complexity index is 566. The van der Waals surface area contributed by atoms with Crippen LogP contribution < -0.4 is 10.1 Å². The van der Waals surface area contributed by atoms with Crippen LogP contribution in [-0.2, 0) is 4.74 Å². The molecule has 1 atom stereocenters. The molecule has 1 unspecified atom stereocenters. The minimum absolute atomic E-state index is 0.602. The zero-order chi connectivity index (χ0) is 18.1. The van der Waals surface area contributed by atoms with Crippen molar-refractivity contribution < 1.29 is 9.47 Å². The van der Waals surface area contributed by atoms with Gasteiger partial charge in [0.1, 0.15) is 5.75 Å². The van der Waals surface area contributed by atoms with E-state index in [-0.39, 0.29) is 0 Å². The molecule has 0 aliphatic carbocycles. The van der Waals surface area contributed by atoms with Crippen molar-refractivity contribution >= 4 is 17.6 Å². The molecule has 0 bridgehead atoms. The summed E-state index contributed by atoms with van der Waals surface area (Å²) in [7, 11) is 1.77. The molecular weight excluding hydrogens is 338 g/mol. The minimum Gasteiger partial charge on any atom is -0.493 e. The topological polar surface area (TPSA) is 46.1 Å². The summed E-state index contributed by atoms with van der Waals surface area (Å²) < 4.78 is 11.1. The number of ether oxygens (including phenoxy) is 2. The summed E-state index contributed by atoms with van der Waals surface area (Å²) >= 11 is 5.96. The van der Waals surface area contributed by atoms with Crippen molar-refractivity contribution in [2.45, 2.75) is 26.7 Å². The van der Waals surface area contributed by atoms with Gasteiger partial charge < -0.3 is 19.7 Å². The van der Waals surface area contributed by atoms with Gasteiger partial charge in [0.25, 0.3) is 0 Å². The highest BCUT2D eigenvalue weighted by Crippen LogP contribution is 2.21. The van der Waals surface area contributed by atoms with Crippen LogP contribution in [0.2, 0.25) is 5.02 Å². The first kappa shape index (κ1) is 19.9. The molecule has 0 radical (unpaired) electrons. The van der Waals surface area contributed by atoms with E-state index < -0.39 is 0 Å². The van der Waals surface area contributed by atoms with Gasteiger partial charge in [-0.05, 0) is 44.0 Å². The summed E-state index contributed by atoms with van der Waals surface area (Å²) in [6.07, 6.45) is 2.05. The number of hydrogen-bond acceptors (Lipinski definition) is 3. The van der Waals surface area contributed by atoms with Crippen LogP contribution in [-0.4, -0.2) is 57.4 Å². The molecule has 0 spiro atoms. The quantitative estimate of drug-likeness (QED) is 0.435. The fraction of sp³-hybridized carbons (Fsp3) is 0.632. The molecule has 6 heteroatoms. The van der Waals surface area contributed by atoms with Crippen LogP contribution in [0, 0.1) is 12.8 Å². The summed E-state index contributed by atoms with van der Waals surface area (Å²) in [5.41, 5.74) is 1.06. The molecule has 1 fully saturated rings. The number of aliphatic imine (C=N–C) groups is 1. The number of likely N-dealkylation sites (tertiary alicyclic amines) is 1. The first-order valence-corrected chi connectivity index (χ1v) is 9.43. The maximum absolute atomic E-state index is 5.96. The number of nitrogens with one attached hydrogen (secondary N) is 1. The van der Waals surface area contributed by atoms with E-state index in [1.54, 1.807) is 7.11 Å². The Hall–Kier alpha value is -1.46. The van der Waals surface area contributed by atoms with Crippen molar-refractivity contribution in [3.05, 3.63) is 28.8 Å². The van der Waals surface area contributed by atoms with Crippen LogP contribution in [0.5, 0.6) is 5.75 Å². The van der Waals surface area contributed by atoms with Crippen LogP contribution in [0.4, 0.5) is 0 Å². The van der Waals surface area contributed by atoms with Gasteiger partial charge in [-0.25, -0.2) is 0 Å². The monoisotopic (exact) mass is 367 g/mol. The Morgan fingerprint density at radius 3 is 3.00 bits per heavy atom. The van der Waals surface area contributed by atoms with Gasteiger partial charge in [0, 0.05) is 50.7 Å². The lowest BCUT2D eigenvalue weighted by Gasteiger charge is -2.21. The maximum Gasteiger partial charge on any atom is 0.193 e. The lowest BCUT2D eigenvalue weighted by atomic mass is 10.1. The molecule has 140 valence electrons. The van der Waals surface area contributed by atoms with Gasteiger partial charge in [0.05, 0.1) is 13.2 Å². The highest BCUT2D eigenvalue weighted by Gasteiger charge is 2.24. The van der Waals surface area contributed by atoms with Crippen molar-refractivity contribution in [3.8, 4) is 5.75 Å². The lowest BCUT2D eigenvalue weighted by Crippen LogP contribution is -2.40. The van der Waals surface area contributed by atoms with E-state index in [4.69, 9.17) is 26.1 Å². The molecular formula is C19H30ClN3O2. The Morgan fingerprint density at radius 1 is 1.44 bits per heavy atom. The number of methoxy groups -OCH3 is 1. The average Bonchev–Trinajstić information content (AvgIpc) is 3.04. The predicted octanol–water partition coefficient (Wildman–Crippen LogP) is 3.35. The zero-order valence-electron chi connectivity index (χ0n) is 15.6. The first-order chi connectivity index (χ1) is 12.1. The Morgan fingerprint density at radius 2 is 2.28 bits per heavy atom. The average molecular weight is 368 g/mol. The van der Waals surface area contributed by atoms with E-state index in [9.17, 15) is 0 Å². The molecule has 0 saturated carbocycles. The smallest absolute Gasteiger partial charge is 0.193 e. The number of hydrogen-bond donors (Lipinski definition) is 1. The lowest BCUT2D eigenvalue weighted by molar-refractivity contribution is 0.157. The summed E-state index contributed by atoms with van der Waals surface area (Å²) in [6, 6.07) is 5.70. The van der Waals surface area contributed by atoms with Gasteiger partial charge in [0.2, 0.25) is 0 Å². The van der Waals surface area contributed by atoms with Crippen molar-refractivity contribution in [1.29, 1.82) is 0 Å². The molecule has 1 aliphatic heterocycles. The van der Waals surface area contributed by atoms with Gasteiger partial charge >= 0.3 is 0 Å². The molecule has 1 N–H and O–H groups in total. The normalized spacial score (nSPS) is 17.8. The zero-order valence-corrected chi connectivity index (χ0v) is 16.3. The third-order valence-corrected chi connectivity index (χ3v) is 4.52. The highest BCUT2D eigenvalue weighted by molar-refractivity contribution is 6.30. The third kappa shape index (κ3) is 6.40. The van der Waals surface area contributed by atoms with E-state index in [2.05, 4.69) is 17.1 Å². The third-order valence-electron chi connectivity index (χ3n) is 4.28. The Labute approximate surface area is 156 Å². The fourth-order valence-corrected chi connectivity index (χ4v) is 3.26. The Balaban J connectivity index is 1.77. The van der Waals surface area contributed by atoms with E-state index in [0.717, 1.165) is 67.9 Å². The predicted molar refractivity (Wildman–Crippen MR) is 104 cm³/mol. The Kier molecular flexibility index (Phi) is 8.35. The maximum atomic E-state index is 5.96. The molecule has 1 aromatic carbocycles. The molecule has 25 heavy (non-hydrogen) atoms. The van der Waals surface area contributed by atoms with Gasteiger partial charge in [-0.2, -0.15) is 0 Å². The van der Waals surface area contributed by atoms with Gasteiger partial charge in [-0.15, -0.1) is 0 Å². The molecule has 1 heterocycles. The summed E-state index contributed by atoms with van der Waals surface area (Å²) in [6.45, 7) is 9.27. The second-order valence-electron chi connectivity index (χ2n) is 6.40. The van der Waals surface area contributed by atoms with Crippen LogP contribution in [0.3, 0.4) is 0 Å². The van der Waals surface area contributed by atoms with Crippen LogP contribution in [0.15, 0.2) is 23.2 Å². The highest BCUT2D eigenvalue weighted by atomic mass is 35.5. The molecule has 5 nitrogen and oxygen atoms in total. The molecule has 0 amide bonds. The van der Waals surface area contributed by atoms with Crippen molar-refractivity contribution in [1.82, 2.24) is 10.2 Å². The van der Waals surface area contributed by atoms with Crippen LogP contribution in [0.1, 0.15) is 25.3 Å². The number of benzene rings is 1. The van der Waals surface area contributed by atoms with Crippen LogP contribution in [0.25, 0.3) is 0 Å². The second-order valence-corrected chi connectivity index (χ2v) is 6.84. The van der Waals surface area contributed by atoms with Crippen molar-refractivity contribution in [2.24, 2.45) is 10.9 Å². The molecule has 1 aromatic rings. The van der Waals surface area contributed by atoms with E-state index in [1.165, 1.54) is 0 Å². The van der Waals surface area contributed by atoms with Crippen molar-refractivity contribution in [2.75, 3.05) is 46.5 Å². The SMILES string of the molecule is CCNC(=NCCCOc1ccc(Cl)cc1C)N1CCC(COC)C1. The molecule has 0 aromatic heterocycles. The van der Waals surface area contributed by atoms with Gasteiger partial charge in [0.15, 0.2) is 5.96 Å². The molecule has 2 rings (SSSR count). The fourth-order valence-electron chi connectivity index (χ4n) is 3.03. The summed E-state index contributed by atoms with van der Waals surface area (Å²) in [4.78, 5) is 7.08. The minimum atomic E-state index is 0.602. The largest absolute Gasteiger partial charge is 0.493 e. The number of rotatable bonds is 8. The summed E-state index contributed by atoms with van der Waals surface area (Å²) in [5, 5.41) is 4.13. The van der Waals surface area contributed by atoms with Gasteiger partial charge in [-0.1, -0.05) is 11.6 Å². The number of guanidine groups is 1. The number of halogens is 1. The van der Waals surface area contributed by atoms with Gasteiger partial charge in [-0.3, -0.25) is 4.99 Å². The standard InChI is InChI=1S/C19H30ClN3O2/c1-4-21-19(23-10-8-16(13-23)14-24-3)22-9-5-11-25-18-7-6-17(20)12-15(18)2/h6-7,12,16H,4-5,8-11,13-14H2,1-3H3,(H,21,22). The number of aryl methyl sites for hydroxylation is 1. The second kappa shape index (κ2) is 10.5. The van der Waals surface area contributed by atoms with Crippen molar-refractivity contribution in [3.63, 3.8) is 0 Å². The van der Waals surface area contributed by atoms with E-state index in [1.807, 2.05) is 25.1 Å². The first-order valence-electron chi connectivity index (χ1n) is 9.05. The molecule has 1 aliphatic rings. The van der Waals surface area contributed by atoms with E-state index >= 15 is 0 Å². The number of nitrogens with zero attached hydrogens (tertiary/aromatic N) is 2.